The first-order chi connectivity index (χ1) is 21.5. The summed E-state index contributed by atoms with van der Waals surface area (Å²) in [7, 11) is 6.20. The third-order valence-electron chi connectivity index (χ3n) is 8.38. The van der Waals surface area contributed by atoms with Gasteiger partial charge in [0.1, 0.15) is 11.8 Å². The van der Waals surface area contributed by atoms with E-state index in [1.165, 1.54) is 21.3 Å². The van der Waals surface area contributed by atoms with E-state index in [9.17, 15) is 9.59 Å². The maximum Gasteiger partial charge on any atom is 0.247 e. The lowest BCUT2D eigenvalue weighted by molar-refractivity contribution is -0.141. The van der Waals surface area contributed by atoms with Crippen molar-refractivity contribution >= 4 is 22.7 Å². The lowest BCUT2D eigenvalue weighted by atomic mass is 9.94. The van der Waals surface area contributed by atoms with E-state index < -0.39 is 6.04 Å². The largest absolute Gasteiger partial charge is 0.496 e. The topological polar surface area (TPSA) is 102 Å². The minimum atomic E-state index is -0.992. The van der Waals surface area contributed by atoms with Crippen LogP contribution < -0.4 is 24.3 Å². The van der Waals surface area contributed by atoms with Gasteiger partial charge in [0, 0.05) is 28.7 Å². The minimum Gasteiger partial charge on any atom is -0.496 e. The molecule has 9 nitrogen and oxygen atoms in total. The second-order valence-corrected chi connectivity index (χ2v) is 11.1. The van der Waals surface area contributed by atoms with E-state index >= 15 is 0 Å². The normalized spacial score (nSPS) is 14.1. The maximum absolute atomic E-state index is 14.5. The van der Waals surface area contributed by atoms with Crippen molar-refractivity contribution in [3.8, 4) is 23.0 Å². The SMILES string of the molecule is COc1ccccc1CN(C(=O)Cc1c[nH]c2ccccc12)[C@H](C(=O)NC1CCCCC1)c1cc(OC)c(OC)c(OC)c1. The summed E-state index contributed by atoms with van der Waals surface area (Å²) in [6, 6.07) is 18.0. The van der Waals surface area contributed by atoms with Crippen molar-refractivity contribution in [1.29, 1.82) is 0 Å². The summed E-state index contributed by atoms with van der Waals surface area (Å²) in [6.45, 7) is 0.143. The first-order valence-corrected chi connectivity index (χ1v) is 15.0. The molecular formula is C35H41N3O6. The van der Waals surface area contributed by atoms with E-state index in [1.54, 1.807) is 24.1 Å². The van der Waals surface area contributed by atoms with Gasteiger partial charge in [-0.3, -0.25) is 9.59 Å². The third kappa shape index (κ3) is 6.61. The number of carbonyl (C=O) groups excluding carboxylic acids is 2. The molecule has 0 saturated heterocycles. The summed E-state index contributed by atoms with van der Waals surface area (Å²) < 4.78 is 22.6. The van der Waals surface area contributed by atoms with Crippen molar-refractivity contribution in [3.63, 3.8) is 0 Å². The summed E-state index contributed by atoms with van der Waals surface area (Å²) in [5.41, 5.74) is 3.13. The maximum atomic E-state index is 14.5. The fourth-order valence-electron chi connectivity index (χ4n) is 6.14. The number of benzene rings is 3. The number of para-hydroxylation sites is 2. The third-order valence-corrected chi connectivity index (χ3v) is 8.38. The number of aromatic amines is 1. The number of rotatable bonds is 12. The number of aromatic nitrogens is 1. The number of carbonyl (C=O) groups is 2. The van der Waals surface area contributed by atoms with E-state index in [4.69, 9.17) is 18.9 Å². The molecule has 1 heterocycles. The molecule has 1 fully saturated rings. The van der Waals surface area contributed by atoms with Gasteiger partial charge in [0.2, 0.25) is 17.6 Å². The van der Waals surface area contributed by atoms with Gasteiger partial charge >= 0.3 is 0 Å². The molecule has 9 heteroatoms. The van der Waals surface area contributed by atoms with Crippen molar-refractivity contribution in [2.24, 2.45) is 0 Å². The van der Waals surface area contributed by atoms with Gasteiger partial charge in [-0.25, -0.2) is 0 Å². The first kappa shape index (κ1) is 30.8. The van der Waals surface area contributed by atoms with Crippen LogP contribution in [0, 0.1) is 0 Å². The van der Waals surface area contributed by atoms with E-state index in [0.717, 1.165) is 54.1 Å². The highest BCUT2D eigenvalue weighted by Gasteiger charge is 2.35. The van der Waals surface area contributed by atoms with Crippen LogP contribution in [-0.2, 0) is 22.6 Å². The molecule has 0 spiro atoms. The summed E-state index contributed by atoms with van der Waals surface area (Å²) in [5.74, 6) is 1.38. The average Bonchev–Trinajstić information content (AvgIpc) is 3.46. The van der Waals surface area contributed by atoms with Gasteiger partial charge in [-0.05, 0) is 48.2 Å². The van der Waals surface area contributed by atoms with Crippen molar-refractivity contribution in [2.75, 3.05) is 28.4 Å². The smallest absolute Gasteiger partial charge is 0.247 e. The van der Waals surface area contributed by atoms with Gasteiger partial charge in [-0.15, -0.1) is 0 Å². The number of nitrogens with one attached hydrogen (secondary N) is 2. The number of nitrogens with zero attached hydrogens (tertiary/aromatic N) is 1. The van der Waals surface area contributed by atoms with Crippen LogP contribution in [0.25, 0.3) is 10.9 Å². The van der Waals surface area contributed by atoms with Gasteiger partial charge in [0.15, 0.2) is 11.5 Å². The highest BCUT2D eigenvalue weighted by atomic mass is 16.5. The number of H-pyrrole nitrogens is 1. The van der Waals surface area contributed by atoms with Crippen LogP contribution in [0.5, 0.6) is 23.0 Å². The molecule has 44 heavy (non-hydrogen) atoms. The molecule has 1 aliphatic rings. The number of methoxy groups -OCH3 is 4. The van der Waals surface area contributed by atoms with E-state index in [-0.39, 0.29) is 30.8 Å². The zero-order chi connectivity index (χ0) is 31.1. The Bertz CT molecular complexity index is 1570. The summed E-state index contributed by atoms with van der Waals surface area (Å²) in [5, 5.41) is 4.24. The second-order valence-electron chi connectivity index (χ2n) is 11.1. The van der Waals surface area contributed by atoms with Crippen molar-refractivity contribution in [2.45, 2.75) is 57.2 Å². The van der Waals surface area contributed by atoms with E-state index in [2.05, 4.69) is 10.3 Å². The van der Waals surface area contributed by atoms with E-state index in [0.29, 0.717) is 28.6 Å². The Labute approximate surface area is 258 Å². The van der Waals surface area contributed by atoms with Crippen LogP contribution in [0.4, 0.5) is 0 Å². The molecule has 3 aromatic carbocycles. The van der Waals surface area contributed by atoms with Crippen LogP contribution in [0.1, 0.15) is 54.8 Å². The Hall–Kier alpha value is -4.66. The van der Waals surface area contributed by atoms with Crippen LogP contribution in [0.15, 0.2) is 66.9 Å². The fraction of sp³-hybridized carbons (Fsp3) is 0.371. The molecule has 232 valence electrons. The Kier molecular flexibility index (Phi) is 9.94. The molecule has 1 atom stereocenters. The minimum absolute atomic E-state index is 0.0395. The lowest BCUT2D eigenvalue weighted by Gasteiger charge is -2.34. The number of ether oxygens (including phenoxy) is 4. The monoisotopic (exact) mass is 599 g/mol. The molecule has 5 rings (SSSR count). The van der Waals surface area contributed by atoms with Gasteiger partial charge in [0.05, 0.1) is 41.4 Å². The van der Waals surface area contributed by atoms with Gasteiger partial charge in [-0.1, -0.05) is 55.7 Å². The van der Waals surface area contributed by atoms with Crippen LogP contribution in [-0.4, -0.2) is 56.2 Å². The Morgan fingerprint density at radius 3 is 2.18 bits per heavy atom. The summed E-state index contributed by atoms with van der Waals surface area (Å²) in [4.78, 5) is 33.8. The Balaban J connectivity index is 1.63. The first-order valence-electron chi connectivity index (χ1n) is 15.0. The fourth-order valence-corrected chi connectivity index (χ4v) is 6.14. The lowest BCUT2D eigenvalue weighted by Crippen LogP contribution is -2.47. The quantitative estimate of drug-likeness (QED) is 0.208. The number of amides is 2. The molecule has 1 aliphatic carbocycles. The molecule has 2 amide bonds. The van der Waals surface area contributed by atoms with Gasteiger partial charge in [0.25, 0.3) is 0 Å². The zero-order valence-electron chi connectivity index (χ0n) is 25.9. The molecule has 1 aromatic heterocycles. The molecule has 2 N–H and O–H groups in total. The molecule has 1 saturated carbocycles. The molecule has 0 aliphatic heterocycles. The average molecular weight is 600 g/mol. The van der Waals surface area contributed by atoms with Crippen molar-refractivity contribution < 1.29 is 28.5 Å². The predicted molar refractivity (Wildman–Crippen MR) is 169 cm³/mol. The molecular weight excluding hydrogens is 558 g/mol. The number of fused-ring (bicyclic) bond motifs is 1. The standard InChI is InChI=1S/C35H41N3O6/c1-41-29-17-11-8-12-23(29)22-38(32(39)20-25-21-36-28-16-10-9-15-27(25)28)33(35(40)37-26-13-6-5-7-14-26)24-18-30(42-2)34(44-4)31(19-24)43-3/h8-12,15-19,21,26,33,36H,5-7,13-14,20,22H2,1-4H3,(H,37,40)/t33-/m0/s1. The van der Waals surface area contributed by atoms with Crippen LogP contribution in [0.2, 0.25) is 0 Å². The summed E-state index contributed by atoms with van der Waals surface area (Å²) >= 11 is 0. The predicted octanol–water partition coefficient (Wildman–Crippen LogP) is 5.96. The van der Waals surface area contributed by atoms with Gasteiger partial charge < -0.3 is 34.1 Å². The molecule has 0 radical (unpaired) electrons. The summed E-state index contributed by atoms with van der Waals surface area (Å²) in [6.07, 6.45) is 7.05. The van der Waals surface area contributed by atoms with Crippen LogP contribution in [0.3, 0.4) is 0 Å². The van der Waals surface area contributed by atoms with Crippen molar-refractivity contribution in [1.82, 2.24) is 15.2 Å². The van der Waals surface area contributed by atoms with Gasteiger partial charge in [-0.2, -0.15) is 0 Å². The second kappa shape index (κ2) is 14.2. The number of hydrogen-bond acceptors (Lipinski definition) is 6. The molecule has 4 aromatic rings. The Morgan fingerprint density at radius 1 is 0.841 bits per heavy atom. The number of hydrogen-bond donors (Lipinski definition) is 2. The zero-order valence-corrected chi connectivity index (χ0v) is 25.9. The molecule has 0 unspecified atom stereocenters. The Morgan fingerprint density at radius 2 is 1.50 bits per heavy atom. The molecule has 0 bridgehead atoms. The van der Waals surface area contributed by atoms with Crippen LogP contribution >= 0.6 is 0 Å². The highest BCUT2D eigenvalue weighted by Crippen LogP contribution is 2.41. The van der Waals surface area contributed by atoms with Crippen molar-refractivity contribution in [3.05, 3.63) is 83.6 Å². The highest BCUT2D eigenvalue weighted by molar-refractivity contribution is 5.93. The van der Waals surface area contributed by atoms with E-state index in [1.807, 2.05) is 54.7 Å².